The average Bonchev–Trinajstić information content (AvgIpc) is 2.45. The van der Waals surface area contributed by atoms with Gasteiger partial charge in [0.25, 0.3) is 0 Å². The Hall–Kier alpha value is -0.620. The van der Waals surface area contributed by atoms with E-state index in [1.165, 1.54) is 23.6 Å². The molecule has 0 aromatic heterocycles. The van der Waals surface area contributed by atoms with Crippen LogP contribution in [-0.2, 0) is 0 Å². The second kappa shape index (κ2) is 7.85. The van der Waals surface area contributed by atoms with E-state index in [1.807, 2.05) is 11.8 Å². The predicted octanol–water partition coefficient (Wildman–Crippen LogP) is 1.50. The van der Waals surface area contributed by atoms with Gasteiger partial charge in [-0.3, -0.25) is 0 Å². The van der Waals surface area contributed by atoms with Crippen molar-refractivity contribution >= 4 is 11.8 Å². The maximum Gasteiger partial charge on any atom is 0.123 e. The van der Waals surface area contributed by atoms with Gasteiger partial charge in [0.1, 0.15) is 5.82 Å². The lowest BCUT2D eigenvalue weighted by atomic mass is 10.1. The molecule has 5 heteroatoms. The Morgan fingerprint density at radius 2 is 1.95 bits per heavy atom. The number of hydrogen-bond donors (Lipinski definition) is 2. The number of aliphatic hydroxyl groups excluding tert-OH is 1. The van der Waals surface area contributed by atoms with Gasteiger partial charge < -0.3 is 15.3 Å². The van der Waals surface area contributed by atoms with Crippen LogP contribution in [0.15, 0.2) is 24.3 Å². The Balaban J connectivity index is 1.63. The lowest BCUT2D eigenvalue weighted by Crippen LogP contribution is -2.38. The number of rotatable bonds is 6. The van der Waals surface area contributed by atoms with Gasteiger partial charge >= 0.3 is 0 Å². The third kappa shape index (κ3) is 5.10. The topological polar surface area (TPSA) is 35.5 Å². The molecule has 1 aromatic rings. The first-order chi connectivity index (χ1) is 9.25. The fraction of sp³-hybridized carbons (Fsp3) is 0.571. The van der Waals surface area contributed by atoms with Crippen molar-refractivity contribution in [3.63, 3.8) is 0 Å². The summed E-state index contributed by atoms with van der Waals surface area (Å²) in [5, 5.41) is 13.2. The van der Waals surface area contributed by atoms with Crippen molar-refractivity contribution in [1.29, 1.82) is 0 Å². The summed E-state index contributed by atoms with van der Waals surface area (Å²) in [6, 6.07) is 6.01. The van der Waals surface area contributed by atoms with E-state index in [2.05, 4.69) is 10.2 Å². The highest BCUT2D eigenvalue weighted by molar-refractivity contribution is 7.99. The highest BCUT2D eigenvalue weighted by Crippen LogP contribution is 2.12. The van der Waals surface area contributed by atoms with Crippen LogP contribution < -0.4 is 5.32 Å². The quantitative estimate of drug-likeness (QED) is 0.776. The zero-order valence-corrected chi connectivity index (χ0v) is 11.8. The maximum absolute atomic E-state index is 12.8. The largest absolute Gasteiger partial charge is 0.387 e. The normalized spacial score (nSPS) is 18.4. The van der Waals surface area contributed by atoms with Crippen molar-refractivity contribution in [2.75, 3.05) is 44.2 Å². The predicted molar refractivity (Wildman–Crippen MR) is 78.0 cm³/mol. The second-order valence-corrected chi connectivity index (χ2v) is 5.95. The molecular weight excluding hydrogens is 263 g/mol. The molecule has 3 nitrogen and oxygen atoms in total. The van der Waals surface area contributed by atoms with E-state index in [4.69, 9.17) is 0 Å². The number of thioether (sulfide) groups is 1. The van der Waals surface area contributed by atoms with Crippen molar-refractivity contribution in [3.8, 4) is 0 Å². The first kappa shape index (κ1) is 14.8. The summed E-state index contributed by atoms with van der Waals surface area (Å²) in [5.74, 6) is 2.17. The Kier molecular flexibility index (Phi) is 6.10. The van der Waals surface area contributed by atoms with Gasteiger partial charge in [-0.1, -0.05) is 12.1 Å². The summed E-state index contributed by atoms with van der Waals surface area (Å²) in [4.78, 5) is 2.44. The lowest BCUT2D eigenvalue weighted by molar-refractivity contribution is 0.172. The number of benzene rings is 1. The van der Waals surface area contributed by atoms with Gasteiger partial charge in [0.05, 0.1) is 6.10 Å². The first-order valence-corrected chi connectivity index (χ1v) is 7.85. The highest BCUT2D eigenvalue weighted by atomic mass is 32.2. The van der Waals surface area contributed by atoms with Crippen LogP contribution >= 0.6 is 11.8 Å². The van der Waals surface area contributed by atoms with Crippen molar-refractivity contribution in [3.05, 3.63) is 35.6 Å². The highest BCUT2D eigenvalue weighted by Gasteiger charge is 2.10. The van der Waals surface area contributed by atoms with Crippen molar-refractivity contribution in [2.24, 2.45) is 0 Å². The van der Waals surface area contributed by atoms with Crippen molar-refractivity contribution in [1.82, 2.24) is 10.2 Å². The molecule has 0 amide bonds. The molecular formula is C14H21FN2OS. The number of nitrogens with zero attached hydrogens (tertiary/aromatic N) is 1. The fourth-order valence-electron chi connectivity index (χ4n) is 2.10. The minimum absolute atomic E-state index is 0.271. The number of nitrogens with one attached hydrogen (secondary N) is 1. The zero-order valence-electron chi connectivity index (χ0n) is 11.0. The van der Waals surface area contributed by atoms with E-state index in [1.54, 1.807) is 12.1 Å². The molecule has 1 unspecified atom stereocenters. The molecule has 1 aliphatic rings. The molecule has 0 saturated carbocycles. The number of hydrogen-bond acceptors (Lipinski definition) is 4. The Morgan fingerprint density at radius 3 is 2.63 bits per heavy atom. The molecule has 1 aliphatic heterocycles. The van der Waals surface area contributed by atoms with Crippen molar-refractivity contribution in [2.45, 2.75) is 6.10 Å². The first-order valence-electron chi connectivity index (χ1n) is 6.70. The fourth-order valence-corrected chi connectivity index (χ4v) is 3.08. The Labute approximate surface area is 118 Å². The Morgan fingerprint density at radius 1 is 1.26 bits per heavy atom. The number of aliphatic hydroxyl groups is 1. The van der Waals surface area contributed by atoms with E-state index >= 15 is 0 Å². The molecule has 1 fully saturated rings. The smallest absolute Gasteiger partial charge is 0.123 e. The summed E-state index contributed by atoms with van der Waals surface area (Å²) < 4.78 is 12.8. The summed E-state index contributed by atoms with van der Waals surface area (Å²) in [7, 11) is 0. The zero-order chi connectivity index (χ0) is 13.5. The molecule has 1 aromatic carbocycles. The average molecular weight is 284 g/mol. The van der Waals surface area contributed by atoms with E-state index < -0.39 is 6.10 Å². The van der Waals surface area contributed by atoms with Gasteiger partial charge in [-0.05, 0) is 17.7 Å². The van der Waals surface area contributed by atoms with Crippen LogP contribution in [0.25, 0.3) is 0 Å². The van der Waals surface area contributed by atoms with Crippen LogP contribution in [0.1, 0.15) is 11.7 Å². The number of halogens is 1. The van der Waals surface area contributed by atoms with Crippen LogP contribution in [-0.4, -0.2) is 54.2 Å². The molecule has 1 saturated heterocycles. The minimum atomic E-state index is -0.572. The van der Waals surface area contributed by atoms with Gasteiger partial charge in [-0.2, -0.15) is 11.8 Å². The molecule has 0 radical (unpaired) electrons. The van der Waals surface area contributed by atoms with Crippen LogP contribution in [0.3, 0.4) is 0 Å². The van der Waals surface area contributed by atoms with Crippen LogP contribution in [0.2, 0.25) is 0 Å². The van der Waals surface area contributed by atoms with Gasteiger partial charge in [-0.25, -0.2) is 4.39 Å². The Bertz CT molecular complexity index is 368. The standard InChI is InChI=1S/C14H21FN2OS/c15-13-3-1-12(2-4-13)14(18)11-16-5-6-17-7-9-19-10-8-17/h1-4,14,16,18H,5-11H2. The van der Waals surface area contributed by atoms with E-state index in [0.717, 1.165) is 31.7 Å². The second-order valence-electron chi connectivity index (χ2n) is 4.73. The molecule has 2 N–H and O–H groups in total. The summed E-state index contributed by atoms with van der Waals surface area (Å²) >= 11 is 2.01. The molecule has 2 rings (SSSR count). The molecule has 0 spiro atoms. The van der Waals surface area contributed by atoms with E-state index in [9.17, 15) is 9.50 Å². The van der Waals surface area contributed by atoms with Crippen LogP contribution in [0.4, 0.5) is 4.39 Å². The molecule has 0 bridgehead atoms. The van der Waals surface area contributed by atoms with Gasteiger partial charge in [0, 0.05) is 44.2 Å². The SMILES string of the molecule is OC(CNCCN1CCSCC1)c1ccc(F)cc1. The molecule has 1 atom stereocenters. The van der Waals surface area contributed by atoms with Gasteiger partial charge in [0.15, 0.2) is 0 Å². The summed E-state index contributed by atoms with van der Waals surface area (Å²) in [6.07, 6.45) is -0.572. The third-order valence-electron chi connectivity index (χ3n) is 3.30. The van der Waals surface area contributed by atoms with Crippen LogP contribution in [0, 0.1) is 5.82 Å². The monoisotopic (exact) mass is 284 g/mol. The van der Waals surface area contributed by atoms with E-state index in [0.29, 0.717) is 6.54 Å². The van der Waals surface area contributed by atoms with Crippen LogP contribution in [0.5, 0.6) is 0 Å². The molecule has 0 aliphatic carbocycles. The maximum atomic E-state index is 12.8. The molecule has 1 heterocycles. The van der Waals surface area contributed by atoms with Gasteiger partial charge in [0.2, 0.25) is 0 Å². The molecule has 106 valence electrons. The van der Waals surface area contributed by atoms with Crippen molar-refractivity contribution < 1.29 is 9.50 Å². The van der Waals surface area contributed by atoms with Gasteiger partial charge in [-0.15, -0.1) is 0 Å². The summed E-state index contributed by atoms with van der Waals surface area (Å²) in [6.45, 7) is 4.73. The van der Waals surface area contributed by atoms with E-state index in [-0.39, 0.29) is 5.82 Å². The summed E-state index contributed by atoms with van der Waals surface area (Å²) in [5.41, 5.74) is 0.753. The third-order valence-corrected chi connectivity index (χ3v) is 4.24. The minimum Gasteiger partial charge on any atom is -0.387 e. The lowest BCUT2D eigenvalue weighted by Gasteiger charge is -2.26. The molecule has 19 heavy (non-hydrogen) atoms.